The van der Waals surface area contributed by atoms with Crippen molar-refractivity contribution in [1.82, 2.24) is 0 Å². The summed E-state index contributed by atoms with van der Waals surface area (Å²) in [6.07, 6.45) is 29.1. The predicted octanol–water partition coefficient (Wildman–Crippen LogP) is 23.8. The molecule has 1 fully saturated rings. The lowest BCUT2D eigenvalue weighted by Crippen LogP contribution is -2.26. The normalized spacial score (nSPS) is 15.4. The lowest BCUT2D eigenvalue weighted by atomic mass is 9.70. The fraction of sp³-hybridized carbons (Fsp3) is 0.293. The molecular weight excluding hydrogens is 1010 g/mol. The highest BCUT2D eigenvalue weighted by atomic mass is 15.1. The number of benzene rings is 9. The van der Waals surface area contributed by atoms with E-state index in [9.17, 15) is 0 Å². The molecule has 14 rings (SSSR count). The third-order valence-electron chi connectivity index (χ3n) is 20.1. The molecule has 0 aliphatic heterocycles. The smallest absolute Gasteiger partial charge is 0.0468 e. The van der Waals surface area contributed by atoms with Crippen LogP contribution < -0.4 is 10.2 Å². The Bertz CT molecular complexity index is 3940. The highest BCUT2D eigenvalue weighted by molar-refractivity contribution is 6.05. The van der Waals surface area contributed by atoms with E-state index in [0.717, 1.165) is 23.0 Å². The molecule has 5 aliphatic rings. The van der Waals surface area contributed by atoms with Gasteiger partial charge < -0.3 is 10.2 Å². The summed E-state index contributed by atoms with van der Waals surface area (Å²) in [5.74, 6) is 0.785. The molecule has 9 aromatic carbocycles. The summed E-state index contributed by atoms with van der Waals surface area (Å²) in [5.41, 5.74) is 32.8. The third kappa shape index (κ3) is 10.3. The summed E-state index contributed by atoms with van der Waals surface area (Å²) < 4.78 is 0. The Morgan fingerprint density at radius 1 is 0.417 bits per heavy atom. The Balaban J connectivity index is 0.889. The van der Waals surface area contributed by atoms with Gasteiger partial charge in [0.15, 0.2) is 0 Å². The number of anilines is 5. The predicted molar refractivity (Wildman–Crippen MR) is 359 cm³/mol. The van der Waals surface area contributed by atoms with E-state index < -0.39 is 0 Å². The van der Waals surface area contributed by atoms with Crippen LogP contribution in [0.3, 0.4) is 0 Å². The van der Waals surface area contributed by atoms with E-state index in [0.29, 0.717) is 0 Å². The molecule has 420 valence electrons. The van der Waals surface area contributed by atoms with E-state index in [1.54, 1.807) is 11.1 Å². The Morgan fingerprint density at radius 3 is 1.56 bits per heavy atom. The van der Waals surface area contributed by atoms with Gasteiger partial charge in [0.1, 0.15) is 0 Å². The SMILES string of the molecule is CCCCCCCCC1(CCCCCCCC)c2cc(C)ccc2-c2ccc(N(c3ccc(-c4ccc5c(c4)CC5)cc3)c3ccc4c(c3)-c3ccccc3-c3ccccc3-c3cc(Nc5ccc(C6=CCC7CCC7=C6)cc5)ccc3-4)cc21. The van der Waals surface area contributed by atoms with Gasteiger partial charge in [-0.3, -0.25) is 0 Å². The number of allylic oxidation sites excluding steroid dienone is 4. The average Bonchev–Trinajstić information content (AvgIpc) is 2.12. The van der Waals surface area contributed by atoms with Gasteiger partial charge in [0, 0.05) is 33.9 Å². The zero-order valence-corrected chi connectivity index (χ0v) is 50.0. The second-order valence-corrected chi connectivity index (χ2v) is 25.4. The van der Waals surface area contributed by atoms with E-state index in [1.165, 1.54) is 234 Å². The maximum Gasteiger partial charge on any atom is 0.0468 e. The molecule has 1 N–H and O–H groups in total. The zero-order chi connectivity index (χ0) is 56.6. The van der Waals surface area contributed by atoms with Crippen LogP contribution in [-0.2, 0) is 18.3 Å². The van der Waals surface area contributed by atoms with Crippen LogP contribution in [-0.4, -0.2) is 0 Å². The van der Waals surface area contributed by atoms with Crippen molar-refractivity contribution >= 4 is 34.0 Å². The molecule has 5 aliphatic carbocycles. The highest BCUT2D eigenvalue weighted by Crippen LogP contribution is 2.57. The van der Waals surface area contributed by atoms with E-state index in [4.69, 9.17) is 0 Å². The van der Waals surface area contributed by atoms with Gasteiger partial charge in [-0.2, -0.15) is 0 Å². The molecular formula is C82H82N2. The number of nitrogens with zero attached hydrogens (tertiary/aromatic N) is 1. The monoisotopic (exact) mass is 1090 g/mol. The maximum atomic E-state index is 3.84. The van der Waals surface area contributed by atoms with E-state index in [-0.39, 0.29) is 5.41 Å². The number of hydrogen-bond acceptors (Lipinski definition) is 2. The molecule has 1 atom stereocenters. The number of unbranched alkanes of at least 4 members (excludes halogenated alkanes) is 10. The maximum absolute atomic E-state index is 3.84. The molecule has 0 aromatic heterocycles. The molecule has 0 amide bonds. The van der Waals surface area contributed by atoms with Gasteiger partial charge in [-0.1, -0.05) is 242 Å². The van der Waals surface area contributed by atoms with Crippen LogP contribution >= 0.6 is 0 Å². The van der Waals surface area contributed by atoms with E-state index in [2.05, 4.69) is 231 Å². The van der Waals surface area contributed by atoms with Crippen molar-refractivity contribution < 1.29 is 0 Å². The van der Waals surface area contributed by atoms with Gasteiger partial charge in [0.05, 0.1) is 0 Å². The molecule has 0 heterocycles. The summed E-state index contributed by atoms with van der Waals surface area (Å²) in [4.78, 5) is 2.58. The minimum absolute atomic E-state index is 0.0454. The third-order valence-corrected chi connectivity index (χ3v) is 20.1. The Kier molecular flexibility index (Phi) is 15.2. The van der Waals surface area contributed by atoms with Crippen molar-refractivity contribution in [2.75, 3.05) is 10.2 Å². The first-order valence-electron chi connectivity index (χ1n) is 32.5. The number of aryl methyl sites for hydroxylation is 3. The topological polar surface area (TPSA) is 15.3 Å². The molecule has 1 saturated carbocycles. The first-order valence-corrected chi connectivity index (χ1v) is 32.5. The molecule has 1 unspecified atom stereocenters. The standard InChI is InChI=1S/C82H82N2/c1-4-6-8-10-12-18-48-82(49-19-13-11-9-7-5-2)80-50-56(3)24-44-76(80)77-47-43-69(55-81(77)82)84(67-40-35-60(36-41-67)64-32-28-58-26-30-62(58)52-64)68-42-46-75-74-45-39-66(83-65-37-33-59(34-38-65)63-31-27-57-25-29-61(57)51-63)53-78(74)72-22-16-14-20-70(72)71-21-15-17-23-73(71)79(75)54-68/h14-17,20-24,28,31-47,50-55,57,83H,4-13,18-19,25-27,29-30,48-49H2,1-3H3. The number of nitrogens with one attached hydrogen (secondary N) is 1. The number of hydrogen-bond donors (Lipinski definition) is 1. The molecule has 0 radical (unpaired) electrons. The number of rotatable bonds is 21. The van der Waals surface area contributed by atoms with Crippen molar-refractivity contribution in [3.63, 3.8) is 0 Å². The van der Waals surface area contributed by atoms with Crippen LogP contribution in [0.15, 0.2) is 206 Å². The van der Waals surface area contributed by atoms with Crippen LogP contribution in [0, 0.1) is 12.8 Å². The average molecular weight is 1100 g/mol. The summed E-state index contributed by atoms with van der Waals surface area (Å²) >= 11 is 0. The summed E-state index contributed by atoms with van der Waals surface area (Å²) in [6.45, 7) is 6.98. The van der Waals surface area contributed by atoms with Crippen LogP contribution in [0.25, 0.3) is 72.3 Å². The van der Waals surface area contributed by atoms with Crippen LogP contribution in [0.4, 0.5) is 28.4 Å². The molecule has 0 bridgehead atoms. The Hall–Kier alpha value is -7.94. The summed E-state index contributed by atoms with van der Waals surface area (Å²) in [7, 11) is 0. The van der Waals surface area contributed by atoms with Crippen LogP contribution in [0.5, 0.6) is 0 Å². The molecule has 2 heteroatoms. The van der Waals surface area contributed by atoms with Crippen molar-refractivity contribution in [2.24, 2.45) is 5.92 Å². The van der Waals surface area contributed by atoms with E-state index in [1.807, 2.05) is 0 Å². The van der Waals surface area contributed by atoms with Gasteiger partial charge in [-0.25, -0.2) is 0 Å². The molecule has 9 aromatic rings. The van der Waals surface area contributed by atoms with Crippen molar-refractivity contribution in [1.29, 1.82) is 0 Å². The van der Waals surface area contributed by atoms with Crippen molar-refractivity contribution in [2.45, 2.75) is 148 Å². The second-order valence-electron chi connectivity index (χ2n) is 25.4. The van der Waals surface area contributed by atoms with E-state index >= 15 is 0 Å². The van der Waals surface area contributed by atoms with Crippen molar-refractivity contribution in [3.8, 4) is 66.8 Å². The molecule has 0 saturated heterocycles. The van der Waals surface area contributed by atoms with Gasteiger partial charge in [-0.15, -0.1) is 0 Å². The minimum Gasteiger partial charge on any atom is -0.356 e. The zero-order valence-electron chi connectivity index (χ0n) is 50.0. The number of fused-ring (bicyclic) bond motifs is 13. The fourth-order valence-corrected chi connectivity index (χ4v) is 15.2. The molecule has 2 nitrogen and oxygen atoms in total. The second kappa shape index (κ2) is 23.6. The molecule has 0 spiro atoms. The highest BCUT2D eigenvalue weighted by Gasteiger charge is 2.43. The van der Waals surface area contributed by atoms with Gasteiger partial charge >= 0.3 is 0 Å². The van der Waals surface area contributed by atoms with Gasteiger partial charge in [-0.05, 0) is 219 Å². The van der Waals surface area contributed by atoms with Gasteiger partial charge in [0.2, 0.25) is 0 Å². The van der Waals surface area contributed by atoms with Crippen molar-refractivity contribution in [3.05, 3.63) is 239 Å². The van der Waals surface area contributed by atoms with Crippen LogP contribution in [0.1, 0.15) is 156 Å². The first-order chi connectivity index (χ1) is 41.4. The quantitative estimate of drug-likeness (QED) is 0.0722. The summed E-state index contributed by atoms with van der Waals surface area (Å²) in [5, 5.41) is 3.84. The Labute approximate surface area is 501 Å². The van der Waals surface area contributed by atoms with Crippen LogP contribution in [0.2, 0.25) is 0 Å². The fourth-order valence-electron chi connectivity index (χ4n) is 15.2. The van der Waals surface area contributed by atoms with Gasteiger partial charge in [0.25, 0.3) is 0 Å². The lowest BCUT2D eigenvalue weighted by Gasteiger charge is -2.34. The largest absolute Gasteiger partial charge is 0.356 e. The summed E-state index contributed by atoms with van der Waals surface area (Å²) in [6, 6.07) is 73.2. The Morgan fingerprint density at radius 2 is 0.940 bits per heavy atom. The first kappa shape index (κ1) is 54.0. The lowest BCUT2D eigenvalue weighted by molar-refractivity contribution is 0.398. The molecule has 84 heavy (non-hydrogen) atoms. The minimum atomic E-state index is -0.0454.